The molecular weight excluding hydrogens is 292 g/mol. The molecule has 0 spiro atoms. The summed E-state index contributed by atoms with van der Waals surface area (Å²) in [6.07, 6.45) is 7.10. The lowest BCUT2D eigenvalue weighted by Gasteiger charge is -2.11. The topological polar surface area (TPSA) is 47.6 Å². The molecule has 1 aromatic carbocycles. The first-order valence-corrected chi connectivity index (χ1v) is 6.75. The number of alkyl halides is 2. The number of carbonyl (C=O) groups excluding carboxylic acids is 1. The van der Waals surface area contributed by atoms with Crippen molar-refractivity contribution < 1.29 is 23.0 Å². The lowest BCUT2D eigenvalue weighted by Crippen LogP contribution is -2.23. The summed E-state index contributed by atoms with van der Waals surface area (Å²) in [5, 5.41) is 2.70. The van der Waals surface area contributed by atoms with Crippen molar-refractivity contribution in [3.63, 3.8) is 0 Å². The van der Waals surface area contributed by atoms with E-state index in [0.29, 0.717) is 13.0 Å². The predicted molar refractivity (Wildman–Crippen MR) is 80.3 cm³/mol. The zero-order valence-electron chi connectivity index (χ0n) is 12.5. The summed E-state index contributed by atoms with van der Waals surface area (Å²) in [6, 6.07) is 4.77. The van der Waals surface area contributed by atoms with Gasteiger partial charge >= 0.3 is 6.61 Å². The van der Waals surface area contributed by atoms with Gasteiger partial charge in [-0.3, -0.25) is 4.79 Å². The lowest BCUT2D eigenvalue weighted by molar-refractivity contribution is -0.116. The number of halogens is 2. The van der Waals surface area contributed by atoms with Crippen molar-refractivity contribution in [2.24, 2.45) is 0 Å². The fourth-order valence-corrected chi connectivity index (χ4v) is 1.71. The van der Waals surface area contributed by atoms with Gasteiger partial charge in [0.2, 0.25) is 5.91 Å². The molecule has 0 atom stereocenters. The summed E-state index contributed by atoms with van der Waals surface area (Å²) in [5.41, 5.74) is 0.759. The number of hydrogen-bond acceptors (Lipinski definition) is 3. The number of hydrogen-bond donors (Lipinski definition) is 1. The fourth-order valence-electron chi connectivity index (χ4n) is 1.71. The summed E-state index contributed by atoms with van der Waals surface area (Å²) in [5.74, 6) is 0.00680. The monoisotopic (exact) mass is 311 g/mol. The highest BCUT2D eigenvalue weighted by Gasteiger charge is 2.11. The first-order chi connectivity index (χ1) is 10.6. The second-order valence-electron chi connectivity index (χ2n) is 4.29. The molecule has 0 heterocycles. The van der Waals surface area contributed by atoms with Gasteiger partial charge in [-0.15, -0.1) is 0 Å². The number of methoxy groups -OCH3 is 1. The van der Waals surface area contributed by atoms with Gasteiger partial charge in [-0.05, 0) is 31.0 Å². The van der Waals surface area contributed by atoms with Gasteiger partial charge in [-0.25, -0.2) is 0 Å². The Morgan fingerprint density at radius 1 is 1.32 bits per heavy atom. The van der Waals surface area contributed by atoms with Gasteiger partial charge in [-0.1, -0.05) is 24.3 Å². The van der Waals surface area contributed by atoms with Crippen LogP contribution in [0.2, 0.25) is 0 Å². The zero-order chi connectivity index (χ0) is 16.4. The van der Waals surface area contributed by atoms with Gasteiger partial charge in [0.25, 0.3) is 0 Å². The Labute approximate surface area is 128 Å². The molecule has 0 aliphatic carbocycles. The molecule has 22 heavy (non-hydrogen) atoms. The van der Waals surface area contributed by atoms with E-state index in [1.165, 1.54) is 19.3 Å². The summed E-state index contributed by atoms with van der Waals surface area (Å²) >= 11 is 0. The predicted octanol–water partition coefficient (Wildman–Crippen LogP) is 3.09. The third-order valence-electron chi connectivity index (χ3n) is 2.71. The number of rotatable bonds is 8. The van der Waals surface area contributed by atoms with Crippen LogP contribution in [0.25, 0.3) is 0 Å². The van der Waals surface area contributed by atoms with Crippen molar-refractivity contribution in [2.45, 2.75) is 20.0 Å². The molecule has 1 rings (SSSR count). The van der Waals surface area contributed by atoms with Crippen LogP contribution in [0.15, 0.2) is 42.5 Å². The number of amides is 1. The molecule has 0 aromatic heterocycles. The first-order valence-electron chi connectivity index (χ1n) is 6.75. The van der Waals surface area contributed by atoms with E-state index >= 15 is 0 Å². The molecule has 0 aliphatic rings. The summed E-state index contributed by atoms with van der Waals surface area (Å²) in [7, 11) is 1.38. The lowest BCUT2D eigenvalue weighted by atomic mass is 10.1. The SMILES string of the molecule is CC=CC=CC(=O)NCCc1ccc(OC)c(OC(F)F)c1. The Hall–Kier alpha value is -2.37. The molecule has 0 saturated carbocycles. The molecule has 1 N–H and O–H groups in total. The van der Waals surface area contributed by atoms with Gasteiger partial charge in [0.1, 0.15) is 0 Å². The summed E-state index contributed by atoms with van der Waals surface area (Å²) in [6.45, 7) is -0.676. The van der Waals surface area contributed by atoms with E-state index in [2.05, 4.69) is 10.1 Å². The van der Waals surface area contributed by atoms with Gasteiger partial charge < -0.3 is 14.8 Å². The van der Waals surface area contributed by atoms with Crippen LogP contribution in [-0.4, -0.2) is 26.2 Å². The zero-order valence-corrected chi connectivity index (χ0v) is 12.5. The Kier molecular flexibility index (Phi) is 7.67. The van der Waals surface area contributed by atoms with Crippen LogP contribution in [0, 0.1) is 0 Å². The van der Waals surface area contributed by atoms with E-state index in [4.69, 9.17) is 4.74 Å². The van der Waals surface area contributed by atoms with Crippen LogP contribution in [0.4, 0.5) is 8.78 Å². The van der Waals surface area contributed by atoms with Crippen LogP contribution in [0.5, 0.6) is 11.5 Å². The van der Waals surface area contributed by atoms with E-state index < -0.39 is 6.61 Å². The van der Waals surface area contributed by atoms with Crippen molar-refractivity contribution in [3.8, 4) is 11.5 Å². The smallest absolute Gasteiger partial charge is 0.387 e. The molecule has 0 bridgehead atoms. The molecule has 0 aliphatic heterocycles. The second kappa shape index (κ2) is 9.55. The van der Waals surface area contributed by atoms with E-state index in [1.54, 1.807) is 24.3 Å². The highest BCUT2D eigenvalue weighted by molar-refractivity contribution is 5.87. The number of carbonyl (C=O) groups is 1. The molecule has 0 radical (unpaired) electrons. The van der Waals surface area contributed by atoms with Gasteiger partial charge in [0, 0.05) is 12.6 Å². The Morgan fingerprint density at radius 3 is 2.73 bits per heavy atom. The largest absolute Gasteiger partial charge is 0.493 e. The van der Waals surface area contributed by atoms with E-state index in [9.17, 15) is 13.6 Å². The molecular formula is C16H19F2NO3. The number of ether oxygens (including phenoxy) is 2. The van der Waals surface area contributed by atoms with Crippen molar-refractivity contribution >= 4 is 5.91 Å². The third-order valence-corrected chi connectivity index (χ3v) is 2.71. The van der Waals surface area contributed by atoms with Crippen LogP contribution in [-0.2, 0) is 11.2 Å². The quantitative estimate of drug-likeness (QED) is 0.593. The molecule has 1 amide bonds. The number of benzene rings is 1. The average Bonchev–Trinajstić information content (AvgIpc) is 2.47. The highest BCUT2D eigenvalue weighted by atomic mass is 19.3. The Morgan fingerprint density at radius 2 is 2.09 bits per heavy atom. The summed E-state index contributed by atoms with van der Waals surface area (Å²) < 4.78 is 34.0. The van der Waals surface area contributed by atoms with E-state index in [0.717, 1.165) is 5.56 Å². The minimum Gasteiger partial charge on any atom is -0.493 e. The molecule has 4 nitrogen and oxygen atoms in total. The standard InChI is InChI=1S/C16H19F2NO3/c1-3-4-5-6-15(20)19-10-9-12-7-8-13(21-2)14(11-12)22-16(17)18/h3-8,11,16H,9-10H2,1-2H3,(H,19,20). The maximum Gasteiger partial charge on any atom is 0.387 e. The minimum atomic E-state index is -2.92. The van der Waals surface area contributed by atoms with Crippen molar-refractivity contribution in [1.29, 1.82) is 0 Å². The third kappa shape index (κ3) is 6.39. The maximum absolute atomic E-state index is 12.3. The first kappa shape index (κ1) is 17.7. The van der Waals surface area contributed by atoms with Gasteiger partial charge in [0.05, 0.1) is 7.11 Å². The van der Waals surface area contributed by atoms with Crippen molar-refractivity contribution in [2.75, 3.05) is 13.7 Å². The molecule has 1 aromatic rings. The number of allylic oxidation sites excluding steroid dienone is 3. The molecule has 0 saturated heterocycles. The molecule has 0 fully saturated rings. The molecule has 0 unspecified atom stereocenters. The average molecular weight is 311 g/mol. The Balaban J connectivity index is 2.57. The van der Waals surface area contributed by atoms with Gasteiger partial charge in [0.15, 0.2) is 11.5 Å². The fraction of sp³-hybridized carbons (Fsp3) is 0.312. The minimum absolute atomic E-state index is 0.0192. The second-order valence-corrected chi connectivity index (χ2v) is 4.29. The highest BCUT2D eigenvalue weighted by Crippen LogP contribution is 2.29. The number of nitrogens with one attached hydrogen (secondary N) is 1. The maximum atomic E-state index is 12.3. The summed E-state index contributed by atoms with van der Waals surface area (Å²) in [4.78, 5) is 11.4. The van der Waals surface area contributed by atoms with Crippen LogP contribution < -0.4 is 14.8 Å². The van der Waals surface area contributed by atoms with Crippen LogP contribution >= 0.6 is 0 Å². The van der Waals surface area contributed by atoms with E-state index in [1.807, 2.05) is 13.0 Å². The van der Waals surface area contributed by atoms with Gasteiger partial charge in [-0.2, -0.15) is 8.78 Å². The molecule has 120 valence electrons. The van der Waals surface area contributed by atoms with Crippen LogP contribution in [0.1, 0.15) is 12.5 Å². The van der Waals surface area contributed by atoms with Crippen molar-refractivity contribution in [1.82, 2.24) is 5.32 Å². The molecule has 6 heteroatoms. The Bertz CT molecular complexity index is 542. The van der Waals surface area contributed by atoms with Crippen molar-refractivity contribution in [3.05, 3.63) is 48.1 Å². The van der Waals surface area contributed by atoms with E-state index in [-0.39, 0.29) is 17.4 Å². The normalized spacial score (nSPS) is 11.3. The van der Waals surface area contributed by atoms with Crippen LogP contribution in [0.3, 0.4) is 0 Å².